The molecule has 1 rings (SSSR count). The van der Waals surface area contributed by atoms with Crippen LogP contribution in [0.3, 0.4) is 0 Å². The fourth-order valence-corrected chi connectivity index (χ4v) is 2.69. The Bertz CT molecular complexity index is 660. The first-order valence-electron chi connectivity index (χ1n) is 9.87. The van der Waals surface area contributed by atoms with Gasteiger partial charge in [0.05, 0.1) is 12.7 Å². The Morgan fingerprint density at radius 2 is 1.43 bits per heavy atom. The smallest absolute Gasteiger partial charge is 0.327 e. The van der Waals surface area contributed by atoms with Crippen molar-refractivity contribution in [1.29, 1.82) is 5.26 Å². The lowest BCUT2D eigenvalue weighted by Crippen LogP contribution is -2.11. The fraction of sp³-hybridized carbons (Fsp3) is 0.545. The fourth-order valence-electron chi connectivity index (χ4n) is 2.69. The second-order valence-corrected chi connectivity index (χ2v) is 6.69. The Morgan fingerprint density at radius 1 is 0.857 bits per heavy atom. The molecule has 6 nitrogen and oxygen atoms in total. The zero-order valence-corrected chi connectivity index (χ0v) is 16.6. The predicted octanol–water partition coefficient (Wildman–Crippen LogP) is 4.76. The number of ether oxygens (including phenoxy) is 2. The van der Waals surface area contributed by atoms with E-state index in [2.05, 4.69) is 4.74 Å². The van der Waals surface area contributed by atoms with E-state index in [4.69, 9.17) is 10.00 Å². The van der Waals surface area contributed by atoms with Gasteiger partial charge >= 0.3 is 11.9 Å². The highest BCUT2D eigenvalue weighted by Crippen LogP contribution is 2.14. The Balaban J connectivity index is 1.91. The van der Waals surface area contributed by atoms with Crippen molar-refractivity contribution in [3.63, 3.8) is 0 Å². The third-order valence-electron chi connectivity index (χ3n) is 4.26. The number of benzene rings is 1. The predicted molar refractivity (Wildman–Crippen MR) is 105 cm³/mol. The number of unbranched alkanes of at least 4 members (excludes halogenated alkanes) is 7. The zero-order chi connectivity index (χ0) is 20.6. The van der Waals surface area contributed by atoms with Crippen LogP contribution >= 0.6 is 0 Å². The van der Waals surface area contributed by atoms with Gasteiger partial charge in [0.1, 0.15) is 12.2 Å². The lowest BCUT2D eigenvalue weighted by molar-refractivity contribution is -0.158. The minimum absolute atomic E-state index is 0.0529. The summed E-state index contributed by atoms with van der Waals surface area (Å²) in [5.41, 5.74) is 0.691. The monoisotopic (exact) mass is 387 g/mol. The summed E-state index contributed by atoms with van der Waals surface area (Å²) in [6, 6.07) is 8.86. The van der Waals surface area contributed by atoms with E-state index in [9.17, 15) is 14.4 Å². The average molecular weight is 387 g/mol. The Hall–Kier alpha value is -2.68. The molecule has 0 saturated heterocycles. The minimum Gasteiger partial charge on any atom is -0.494 e. The van der Waals surface area contributed by atoms with Gasteiger partial charge in [0, 0.05) is 12.0 Å². The number of nitriles is 1. The molecule has 0 atom stereocenters. The number of hydrogen-bond donors (Lipinski definition) is 0. The summed E-state index contributed by atoms with van der Waals surface area (Å²) in [4.78, 5) is 33.5. The third-order valence-corrected chi connectivity index (χ3v) is 4.26. The molecule has 0 aliphatic rings. The molecule has 6 heteroatoms. The lowest BCUT2D eigenvalue weighted by Gasteiger charge is -2.06. The van der Waals surface area contributed by atoms with E-state index in [0.717, 1.165) is 50.7 Å². The van der Waals surface area contributed by atoms with E-state index in [0.29, 0.717) is 18.6 Å². The molecule has 0 spiro atoms. The molecule has 1 aromatic rings. The Labute approximate surface area is 166 Å². The minimum atomic E-state index is -0.774. The van der Waals surface area contributed by atoms with Gasteiger partial charge in [-0.3, -0.25) is 14.4 Å². The third kappa shape index (κ3) is 11.1. The van der Waals surface area contributed by atoms with Crippen LogP contribution in [-0.2, 0) is 14.3 Å². The van der Waals surface area contributed by atoms with Crippen LogP contribution < -0.4 is 4.74 Å². The van der Waals surface area contributed by atoms with Crippen LogP contribution in [0.4, 0.5) is 0 Å². The second kappa shape index (κ2) is 14.4. The zero-order valence-electron chi connectivity index (χ0n) is 16.6. The number of hydrogen-bond acceptors (Lipinski definition) is 6. The van der Waals surface area contributed by atoms with Gasteiger partial charge in [0.25, 0.3) is 0 Å². The van der Waals surface area contributed by atoms with Crippen LogP contribution in [0.15, 0.2) is 24.3 Å². The van der Waals surface area contributed by atoms with Crippen LogP contribution in [0.25, 0.3) is 0 Å². The van der Waals surface area contributed by atoms with E-state index in [1.165, 1.54) is 0 Å². The maximum atomic E-state index is 11.3. The van der Waals surface area contributed by atoms with Crippen molar-refractivity contribution in [3.05, 3.63) is 29.8 Å². The van der Waals surface area contributed by atoms with Crippen molar-refractivity contribution >= 4 is 17.7 Å². The maximum absolute atomic E-state index is 11.3. The van der Waals surface area contributed by atoms with Crippen LogP contribution in [0.2, 0.25) is 0 Å². The lowest BCUT2D eigenvalue weighted by atomic mass is 10.1. The quantitative estimate of drug-likeness (QED) is 0.198. The van der Waals surface area contributed by atoms with Gasteiger partial charge in [-0.2, -0.15) is 5.26 Å². The first kappa shape index (κ1) is 23.4. The van der Waals surface area contributed by atoms with E-state index in [1.807, 2.05) is 12.1 Å². The normalized spacial score (nSPS) is 10.1. The van der Waals surface area contributed by atoms with Gasteiger partial charge in [-0.25, -0.2) is 0 Å². The van der Waals surface area contributed by atoms with E-state index < -0.39 is 11.9 Å². The van der Waals surface area contributed by atoms with Crippen molar-refractivity contribution in [1.82, 2.24) is 0 Å². The van der Waals surface area contributed by atoms with E-state index in [1.54, 1.807) is 25.1 Å². The number of carbonyl (C=O) groups excluding carboxylic acids is 3. The van der Waals surface area contributed by atoms with Crippen molar-refractivity contribution < 1.29 is 23.9 Å². The van der Waals surface area contributed by atoms with Crippen LogP contribution in [0.5, 0.6) is 5.75 Å². The van der Waals surface area contributed by atoms with Crippen LogP contribution in [0, 0.1) is 11.3 Å². The highest BCUT2D eigenvalue weighted by molar-refractivity contribution is 5.94. The Morgan fingerprint density at radius 3 is 2.00 bits per heavy atom. The van der Waals surface area contributed by atoms with Gasteiger partial charge in [-0.05, 0) is 44.0 Å². The largest absolute Gasteiger partial charge is 0.494 e. The van der Waals surface area contributed by atoms with E-state index in [-0.39, 0.29) is 18.6 Å². The SMILES string of the molecule is CC(=O)c1ccc(OCCCCCCCCCCC(=O)OC(=O)CC#N)cc1. The molecular formula is C22H29NO5. The molecule has 0 bridgehead atoms. The summed E-state index contributed by atoms with van der Waals surface area (Å²) in [5.74, 6) is -0.476. The van der Waals surface area contributed by atoms with Gasteiger partial charge < -0.3 is 9.47 Å². The molecule has 0 unspecified atom stereocenters. The number of nitrogens with zero attached hydrogens (tertiary/aromatic N) is 1. The van der Waals surface area contributed by atoms with Crippen LogP contribution in [-0.4, -0.2) is 24.3 Å². The number of ketones is 1. The molecule has 0 fully saturated rings. The average Bonchev–Trinajstić information content (AvgIpc) is 2.66. The summed E-state index contributed by atoms with van der Waals surface area (Å²) in [6.45, 7) is 2.22. The number of rotatable bonds is 14. The first-order valence-corrected chi connectivity index (χ1v) is 9.87. The molecule has 0 amide bonds. The topological polar surface area (TPSA) is 93.5 Å². The van der Waals surface area contributed by atoms with Crippen molar-refractivity contribution in [3.8, 4) is 11.8 Å². The molecule has 28 heavy (non-hydrogen) atoms. The second-order valence-electron chi connectivity index (χ2n) is 6.69. The molecular weight excluding hydrogens is 358 g/mol. The molecule has 0 saturated carbocycles. The Kier molecular flexibility index (Phi) is 12.0. The van der Waals surface area contributed by atoms with Gasteiger partial charge in [-0.15, -0.1) is 0 Å². The first-order chi connectivity index (χ1) is 13.5. The maximum Gasteiger partial charge on any atom is 0.327 e. The molecule has 0 heterocycles. The highest BCUT2D eigenvalue weighted by atomic mass is 16.6. The summed E-state index contributed by atoms with van der Waals surface area (Å²) >= 11 is 0. The highest BCUT2D eigenvalue weighted by Gasteiger charge is 2.09. The number of esters is 2. The van der Waals surface area contributed by atoms with Gasteiger partial charge in [0.15, 0.2) is 5.78 Å². The number of carbonyl (C=O) groups is 3. The molecule has 0 aliphatic heterocycles. The van der Waals surface area contributed by atoms with Crippen molar-refractivity contribution in [2.75, 3.05) is 6.61 Å². The molecule has 0 N–H and O–H groups in total. The summed E-state index contributed by atoms with van der Waals surface area (Å²) in [6.07, 6.45) is 8.06. The summed E-state index contributed by atoms with van der Waals surface area (Å²) < 4.78 is 10.2. The number of Topliss-reactive ketones (excluding diaryl/α,β-unsaturated/α-hetero) is 1. The summed E-state index contributed by atoms with van der Waals surface area (Å²) in [5, 5.41) is 8.31. The molecule has 1 aromatic carbocycles. The van der Waals surface area contributed by atoms with Gasteiger partial charge in [-0.1, -0.05) is 38.5 Å². The molecule has 0 radical (unpaired) electrons. The molecule has 0 aromatic heterocycles. The van der Waals surface area contributed by atoms with Gasteiger partial charge in [0.2, 0.25) is 0 Å². The summed E-state index contributed by atoms with van der Waals surface area (Å²) in [7, 11) is 0. The van der Waals surface area contributed by atoms with E-state index >= 15 is 0 Å². The van der Waals surface area contributed by atoms with Crippen LogP contribution in [0.1, 0.15) is 81.5 Å². The van der Waals surface area contributed by atoms with Crippen molar-refractivity contribution in [2.45, 2.75) is 71.1 Å². The molecule has 152 valence electrons. The standard InChI is InChI=1S/C22H29NO5/c1-18(24)19-11-13-20(14-12-19)27-17-9-7-5-3-2-4-6-8-10-21(25)28-22(26)15-16-23/h11-14H,2-10,15,17H2,1H3. The van der Waals surface area contributed by atoms with Crippen molar-refractivity contribution in [2.24, 2.45) is 0 Å². The molecule has 0 aliphatic carbocycles.